The van der Waals surface area contributed by atoms with Crippen LogP contribution in [0.1, 0.15) is 12.0 Å². The second-order valence-electron chi connectivity index (χ2n) is 5.10. The van der Waals surface area contributed by atoms with Crippen molar-refractivity contribution in [3.63, 3.8) is 0 Å². The molecule has 0 aromatic heterocycles. The van der Waals surface area contributed by atoms with Crippen LogP contribution in [0.4, 0.5) is 0 Å². The fraction of sp³-hybridized carbons (Fsp3) is 0.562. The van der Waals surface area contributed by atoms with Gasteiger partial charge in [-0.15, -0.1) is 0 Å². The minimum atomic E-state index is 0.0182. The predicted molar refractivity (Wildman–Crippen MR) is 85.1 cm³/mol. The zero-order valence-corrected chi connectivity index (χ0v) is 13.1. The van der Waals surface area contributed by atoms with Gasteiger partial charge in [-0.1, -0.05) is 30.3 Å². The second-order valence-corrected chi connectivity index (χ2v) is 5.10. The Morgan fingerprint density at radius 1 is 1.24 bits per heavy atom. The molecule has 2 N–H and O–H groups in total. The first-order chi connectivity index (χ1) is 10.2. The van der Waals surface area contributed by atoms with Gasteiger partial charge in [0.25, 0.3) is 0 Å². The summed E-state index contributed by atoms with van der Waals surface area (Å²) in [7, 11) is 3.74. The Hall–Kier alpha value is -1.43. The van der Waals surface area contributed by atoms with E-state index in [4.69, 9.17) is 4.74 Å². The number of carbonyl (C=O) groups is 1. The number of methoxy groups -OCH3 is 1. The van der Waals surface area contributed by atoms with Crippen LogP contribution in [-0.2, 0) is 16.1 Å². The molecule has 118 valence electrons. The molecule has 0 bridgehead atoms. The van der Waals surface area contributed by atoms with Gasteiger partial charge in [0.1, 0.15) is 0 Å². The van der Waals surface area contributed by atoms with Gasteiger partial charge in [0.15, 0.2) is 0 Å². The maximum atomic E-state index is 11.4. The molecule has 0 radical (unpaired) electrons. The molecule has 0 aliphatic rings. The third-order valence-electron chi connectivity index (χ3n) is 3.10. The van der Waals surface area contributed by atoms with E-state index in [1.807, 2.05) is 6.07 Å². The summed E-state index contributed by atoms with van der Waals surface area (Å²) in [5.41, 5.74) is 1.32. The highest BCUT2D eigenvalue weighted by Gasteiger charge is 2.01. The number of nitrogens with one attached hydrogen (secondary N) is 2. The van der Waals surface area contributed by atoms with Crippen molar-refractivity contribution in [1.82, 2.24) is 15.5 Å². The van der Waals surface area contributed by atoms with Gasteiger partial charge >= 0.3 is 0 Å². The predicted octanol–water partition coefficient (Wildman–Crippen LogP) is 0.861. The van der Waals surface area contributed by atoms with Crippen LogP contribution in [0.2, 0.25) is 0 Å². The Bertz CT molecular complexity index is 384. The van der Waals surface area contributed by atoms with Gasteiger partial charge in [-0.3, -0.25) is 4.79 Å². The average Bonchev–Trinajstić information content (AvgIpc) is 2.48. The Balaban J connectivity index is 1.99. The maximum Gasteiger partial charge on any atom is 0.234 e. The van der Waals surface area contributed by atoms with Crippen molar-refractivity contribution in [3.05, 3.63) is 35.9 Å². The van der Waals surface area contributed by atoms with Crippen LogP contribution in [-0.4, -0.2) is 57.8 Å². The van der Waals surface area contributed by atoms with Crippen LogP contribution in [0.15, 0.2) is 30.3 Å². The van der Waals surface area contributed by atoms with Gasteiger partial charge in [-0.25, -0.2) is 0 Å². The fourth-order valence-electron chi connectivity index (χ4n) is 2.01. The molecule has 0 aliphatic carbocycles. The van der Waals surface area contributed by atoms with Crippen molar-refractivity contribution in [2.24, 2.45) is 0 Å². The molecule has 0 fully saturated rings. The van der Waals surface area contributed by atoms with E-state index in [9.17, 15) is 4.79 Å². The molecule has 21 heavy (non-hydrogen) atoms. The van der Waals surface area contributed by atoms with Crippen LogP contribution in [0.5, 0.6) is 0 Å². The summed E-state index contributed by atoms with van der Waals surface area (Å²) in [6, 6.07) is 10.4. The lowest BCUT2D eigenvalue weighted by Gasteiger charge is -2.16. The van der Waals surface area contributed by atoms with Crippen molar-refractivity contribution >= 4 is 5.91 Å². The number of ether oxygens (including phenoxy) is 1. The summed E-state index contributed by atoms with van der Waals surface area (Å²) in [6.45, 7) is 4.29. The van der Waals surface area contributed by atoms with Gasteiger partial charge in [-0.2, -0.15) is 0 Å². The lowest BCUT2D eigenvalue weighted by atomic mass is 10.2. The summed E-state index contributed by atoms with van der Waals surface area (Å²) in [4.78, 5) is 13.7. The lowest BCUT2D eigenvalue weighted by molar-refractivity contribution is -0.120. The van der Waals surface area contributed by atoms with Crippen molar-refractivity contribution < 1.29 is 9.53 Å². The Morgan fingerprint density at radius 2 is 2.00 bits per heavy atom. The van der Waals surface area contributed by atoms with Crippen LogP contribution >= 0.6 is 0 Å². The molecule has 0 heterocycles. The van der Waals surface area contributed by atoms with Gasteiger partial charge in [0.05, 0.1) is 13.2 Å². The van der Waals surface area contributed by atoms with Gasteiger partial charge in [-0.05, 0) is 32.1 Å². The molecule has 0 atom stereocenters. The number of benzene rings is 1. The Labute approximate surface area is 127 Å². The molecule has 0 aliphatic heterocycles. The number of amides is 1. The molecule has 1 rings (SSSR count). The summed E-state index contributed by atoms with van der Waals surface area (Å²) < 4.78 is 4.87. The number of nitrogens with zero attached hydrogens (tertiary/aromatic N) is 1. The molecular formula is C16H27N3O2. The molecule has 5 heteroatoms. The van der Waals surface area contributed by atoms with Crippen molar-refractivity contribution in [3.8, 4) is 0 Å². The van der Waals surface area contributed by atoms with E-state index >= 15 is 0 Å². The summed E-state index contributed by atoms with van der Waals surface area (Å²) in [5, 5.41) is 5.93. The normalized spacial score (nSPS) is 10.8. The minimum Gasteiger partial charge on any atom is -0.383 e. The largest absolute Gasteiger partial charge is 0.383 e. The quantitative estimate of drug-likeness (QED) is 0.594. The zero-order chi connectivity index (χ0) is 15.3. The Kier molecular flexibility index (Phi) is 9.44. The number of rotatable bonds is 11. The molecule has 1 aromatic carbocycles. The smallest absolute Gasteiger partial charge is 0.234 e. The molecule has 0 unspecified atom stereocenters. The highest BCUT2D eigenvalue weighted by molar-refractivity contribution is 5.77. The summed E-state index contributed by atoms with van der Waals surface area (Å²) in [5.74, 6) is 0.0182. The minimum absolute atomic E-state index is 0.0182. The van der Waals surface area contributed by atoms with Crippen molar-refractivity contribution in [2.75, 3.05) is 46.9 Å². The highest BCUT2D eigenvalue weighted by Crippen LogP contribution is 2.02. The first-order valence-corrected chi connectivity index (χ1v) is 7.41. The van der Waals surface area contributed by atoms with Crippen LogP contribution < -0.4 is 10.6 Å². The average molecular weight is 293 g/mol. The van der Waals surface area contributed by atoms with Crippen LogP contribution in [0.25, 0.3) is 0 Å². The maximum absolute atomic E-state index is 11.4. The SMILES string of the molecule is COCCNC(=O)CNCCCN(C)Cc1ccccc1. The van der Waals surface area contributed by atoms with E-state index in [0.29, 0.717) is 19.7 Å². The number of carbonyl (C=O) groups excluding carboxylic acids is 1. The molecule has 0 saturated heterocycles. The number of hydrogen-bond donors (Lipinski definition) is 2. The van der Waals surface area contributed by atoms with E-state index in [0.717, 1.165) is 26.1 Å². The van der Waals surface area contributed by atoms with E-state index in [2.05, 4.69) is 46.8 Å². The molecule has 5 nitrogen and oxygen atoms in total. The van der Waals surface area contributed by atoms with E-state index in [-0.39, 0.29) is 5.91 Å². The third kappa shape index (κ3) is 9.18. The highest BCUT2D eigenvalue weighted by atomic mass is 16.5. The molecule has 1 amide bonds. The summed E-state index contributed by atoms with van der Waals surface area (Å²) in [6.07, 6.45) is 1.02. The van der Waals surface area contributed by atoms with Crippen molar-refractivity contribution in [2.45, 2.75) is 13.0 Å². The van der Waals surface area contributed by atoms with Crippen LogP contribution in [0.3, 0.4) is 0 Å². The fourth-order valence-corrected chi connectivity index (χ4v) is 2.01. The zero-order valence-electron chi connectivity index (χ0n) is 13.1. The molecule has 1 aromatic rings. The first-order valence-electron chi connectivity index (χ1n) is 7.41. The van der Waals surface area contributed by atoms with E-state index < -0.39 is 0 Å². The molecule has 0 saturated carbocycles. The first kappa shape index (κ1) is 17.6. The molecule has 0 spiro atoms. The topological polar surface area (TPSA) is 53.6 Å². The third-order valence-corrected chi connectivity index (χ3v) is 3.10. The van der Waals surface area contributed by atoms with Gasteiger partial charge in [0.2, 0.25) is 5.91 Å². The Morgan fingerprint density at radius 3 is 2.71 bits per heavy atom. The summed E-state index contributed by atoms with van der Waals surface area (Å²) >= 11 is 0. The van der Waals surface area contributed by atoms with E-state index in [1.54, 1.807) is 7.11 Å². The monoisotopic (exact) mass is 293 g/mol. The second kappa shape index (κ2) is 11.3. The van der Waals surface area contributed by atoms with E-state index in [1.165, 1.54) is 5.56 Å². The van der Waals surface area contributed by atoms with Crippen LogP contribution in [0, 0.1) is 0 Å². The van der Waals surface area contributed by atoms with Crippen molar-refractivity contribution in [1.29, 1.82) is 0 Å². The lowest BCUT2D eigenvalue weighted by Crippen LogP contribution is -2.36. The van der Waals surface area contributed by atoms with Gasteiger partial charge in [0, 0.05) is 20.2 Å². The molecular weight excluding hydrogens is 266 g/mol. The van der Waals surface area contributed by atoms with Gasteiger partial charge < -0.3 is 20.3 Å². The number of hydrogen-bond acceptors (Lipinski definition) is 4. The standard InChI is InChI=1S/C16H27N3O2/c1-19(14-15-7-4-3-5-8-15)11-6-9-17-13-16(20)18-10-12-21-2/h3-5,7-8,17H,6,9-14H2,1-2H3,(H,18,20).